The summed E-state index contributed by atoms with van der Waals surface area (Å²) < 4.78 is 2.10. The third kappa shape index (κ3) is 5.98. The molecule has 39 heavy (non-hydrogen) atoms. The van der Waals surface area contributed by atoms with Crippen LogP contribution in [0.3, 0.4) is 0 Å². The maximum absolute atomic E-state index is 13.2. The fourth-order valence-electron chi connectivity index (χ4n) is 5.98. The summed E-state index contributed by atoms with van der Waals surface area (Å²) in [4.78, 5) is 41.3. The van der Waals surface area contributed by atoms with Crippen molar-refractivity contribution in [3.05, 3.63) is 41.3 Å². The molecule has 210 valence electrons. The number of piperazine rings is 1. The number of carbonyl (C=O) groups is 2. The molecule has 2 aliphatic heterocycles. The molecular weight excluding hydrogens is 490 g/mol. The molecule has 5 heterocycles. The molecule has 2 atom stereocenters. The van der Waals surface area contributed by atoms with Crippen LogP contribution in [0.25, 0.3) is 11.0 Å². The van der Waals surface area contributed by atoms with Crippen LogP contribution < -0.4 is 10.6 Å². The van der Waals surface area contributed by atoms with E-state index in [0.29, 0.717) is 46.8 Å². The largest absolute Gasteiger partial charge is 0.335 e. The summed E-state index contributed by atoms with van der Waals surface area (Å²) >= 11 is 0. The zero-order chi connectivity index (χ0) is 28.1. The predicted molar refractivity (Wildman–Crippen MR) is 156 cm³/mol. The molecule has 3 aromatic rings. The molecule has 1 saturated carbocycles. The lowest BCUT2D eigenvalue weighted by Crippen LogP contribution is -2.53. The van der Waals surface area contributed by atoms with Crippen molar-refractivity contribution in [2.45, 2.75) is 98.2 Å². The topological polar surface area (TPSA) is 105 Å². The summed E-state index contributed by atoms with van der Waals surface area (Å²) in [6.07, 6.45) is 8.48. The van der Waals surface area contributed by atoms with E-state index in [9.17, 15) is 9.59 Å². The minimum absolute atomic E-state index is 0.0412. The van der Waals surface area contributed by atoms with Crippen molar-refractivity contribution in [1.82, 2.24) is 29.7 Å². The fourth-order valence-corrected chi connectivity index (χ4v) is 5.98. The van der Waals surface area contributed by atoms with Gasteiger partial charge in [-0.1, -0.05) is 40.5 Å². The third-order valence-electron chi connectivity index (χ3n) is 7.69. The van der Waals surface area contributed by atoms with Gasteiger partial charge in [0.25, 0.3) is 5.91 Å². The Kier molecular flexibility index (Phi) is 9.32. The van der Waals surface area contributed by atoms with Crippen LogP contribution in [0.2, 0.25) is 0 Å². The smallest absolute Gasteiger partial charge is 0.255 e. The monoisotopic (exact) mass is 533 g/mol. The van der Waals surface area contributed by atoms with Gasteiger partial charge < -0.3 is 20.1 Å². The van der Waals surface area contributed by atoms with E-state index >= 15 is 0 Å². The van der Waals surface area contributed by atoms with E-state index in [-0.39, 0.29) is 11.7 Å². The van der Waals surface area contributed by atoms with Crippen molar-refractivity contribution in [1.29, 1.82) is 0 Å². The van der Waals surface area contributed by atoms with Crippen LogP contribution in [0.5, 0.6) is 0 Å². The number of hydrogen-bond donors (Lipinski definition) is 2. The molecule has 0 aromatic carbocycles. The normalized spacial score (nSPS) is 20.2. The number of aromatic nitrogens is 4. The highest BCUT2D eigenvalue weighted by Gasteiger charge is 2.35. The minimum atomic E-state index is 0.0412. The average molecular weight is 534 g/mol. The number of likely N-dealkylation sites (tertiary alicyclic amines) is 1. The zero-order valence-electron chi connectivity index (χ0n) is 24.3. The number of nitrogens with one attached hydrogen (secondary N) is 2. The number of fused-ring (bicyclic) bond motifs is 3. The van der Waals surface area contributed by atoms with Gasteiger partial charge in [-0.25, -0.2) is 9.97 Å². The summed E-state index contributed by atoms with van der Waals surface area (Å²) in [7, 11) is 0. The molecule has 3 aromatic heterocycles. The van der Waals surface area contributed by atoms with Gasteiger partial charge >= 0.3 is 0 Å². The molecular formula is C30H43N7O2. The number of nitrogens with zero attached hydrogens (tertiary/aromatic N) is 5. The summed E-state index contributed by atoms with van der Waals surface area (Å²) in [6.45, 7) is 13.0. The van der Waals surface area contributed by atoms with Gasteiger partial charge in [0, 0.05) is 49.7 Å². The van der Waals surface area contributed by atoms with Gasteiger partial charge in [0.2, 0.25) is 5.95 Å². The van der Waals surface area contributed by atoms with Crippen LogP contribution in [-0.4, -0.2) is 61.3 Å². The van der Waals surface area contributed by atoms with Crippen molar-refractivity contribution in [3.8, 4) is 0 Å². The summed E-state index contributed by atoms with van der Waals surface area (Å²) in [6, 6.07) is 6.65. The van der Waals surface area contributed by atoms with Crippen LogP contribution in [0, 0.1) is 6.92 Å². The number of pyridine rings is 1. The number of rotatable bonds is 5. The van der Waals surface area contributed by atoms with Crippen LogP contribution in [0.15, 0.2) is 24.4 Å². The first-order chi connectivity index (χ1) is 19.0. The number of amides is 1. The molecule has 1 amide bonds. The lowest BCUT2D eigenvalue weighted by atomic mass is 10.1. The Labute approximate surface area is 231 Å². The summed E-state index contributed by atoms with van der Waals surface area (Å²) in [5, 5.41) is 7.63. The molecule has 0 spiro atoms. The van der Waals surface area contributed by atoms with Crippen molar-refractivity contribution >= 4 is 34.5 Å². The lowest BCUT2D eigenvalue weighted by molar-refractivity contribution is 0.0696. The molecule has 0 radical (unpaired) electrons. The van der Waals surface area contributed by atoms with Crippen molar-refractivity contribution < 1.29 is 9.59 Å². The first-order valence-electron chi connectivity index (χ1n) is 14.6. The number of Topliss-reactive ketones (excluding diaryl/α,β-unsaturated/α-hetero) is 1. The fraction of sp³-hybridized carbons (Fsp3) is 0.567. The zero-order valence-corrected chi connectivity index (χ0v) is 24.3. The SMILES string of the molecule is CC.CC.CC(=O)c1cc2cnc(Nc3ccc(C(=O)N4CC5CCC(C4)N5)c(C)n3)nc2n1C1CCCC1. The molecule has 9 heteroatoms. The summed E-state index contributed by atoms with van der Waals surface area (Å²) in [5.41, 5.74) is 2.78. The first-order valence-corrected chi connectivity index (χ1v) is 14.6. The quantitative estimate of drug-likeness (QED) is 0.398. The van der Waals surface area contributed by atoms with E-state index in [1.54, 1.807) is 13.1 Å². The van der Waals surface area contributed by atoms with E-state index in [0.717, 1.165) is 49.8 Å². The van der Waals surface area contributed by atoms with Gasteiger partial charge in [-0.3, -0.25) is 9.59 Å². The Morgan fingerprint density at radius 1 is 0.974 bits per heavy atom. The van der Waals surface area contributed by atoms with Crippen molar-refractivity contribution in [2.24, 2.45) is 0 Å². The highest BCUT2D eigenvalue weighted by atomic mass is 16.2. The molecule has 6 rings (SSSR count). The standard InChI is InChI=1S/C26H31N7O2.2C2H6/c1-15-21(25(35)32-13-18-7-8-19(14-32)29-18)9-10-23(28-15)30-26-27-12-17-11-22(16(2)34)33(24(17)31-26)20-5-3-4-6-20;2*1-2/h9-12,18-20,29H,3-8,13-14H2,1-2H3,(H,27,28,30,31);2*1-2H3. The van der Waals surface area contributed by atoms with Crippen LogP contribution >= 0.6 is 0 Å². The Balaban J connectivity index is 0.000000845. The van der Waals surface area contributed by atoms with E-state index < -0.39 is 0 Å². The van der Waals surface area contributed by atoms with E-state index in [1.807, 2.05) is 57.7 Å². The molecule has 1 aliphatic carbocycles. The third-order valence-corrected chi connectivity index (χ3v) is 7.69. The van der Waals surface area contributed by atoms with Gasteiger partial charge in [0.1, 0.15) is 11.5 Å². The van der Waals surface area contributed by atoms with Gasteiger partial charge in [0.05, 0.1) is 17.0 Å². The second kappa shape index (κ2) is 12.7. The Morgan fingerprint density at radius 2 is 1.64 bits per heavy atom. The van der Waals surface area contributed by atoms with E-state index in [1.165, 1.54) is 12.8 Å². The second-order valence-corrected chi connectivity index (χ2v) is 10.2. The maximum atomic E-state index is 13.2. The van der Waals surface area contributed by atoms with Gasteiger partial charge in [-0.2, -0.15) is 4.98 Å². The molecule has 2 bridgehead atoms. The van der Waals surface area contributed by atoms with Crippen molar-refractivity contribution in [3.63, 3.8) is 0 Å². The Bertz CT molecular complexity index is 1300. The van der Waals surface area contributed by atoms with Crippen LogP contribution in [0.1, 0.15) is 106 Å². The van der Waals surface area contributed by atoms with E-state index in [2.05, 4.69) is 25.2 Å². The first kappa shape index (κ1) is 28.7. The number of anilines is 2. The number of carbonyl (C=O) groups excluding carboxylic acids is 2. The lowest BCUT2D eigenvalue weighted by Gasteiger charge is -2.33. The molecule has 2 saturated heterocycles. The summed E-state index contributed by atoms with van der Waals surface area (Å²) in [5.74, 6) is 1.10. The van der Waals surface area contributed by atoms with Gasteiger partial charge in [-0.15, -0.1) is 0 Å². The minimum Gasteiger partial charge on any atom is -0.335 e. The number of ketones is 1. The predicted octanol–water partition coefficient (Wildman–Crippen LogP) is 5.82. The average Bonchev–Trinajstić information content (AvgIpc) is 3.69. The van der Waals surface area contributed by atoms with Crippen LogP contribution in [-0.2, 0) is 0 Å². The van der Waals surface area contributed by atoms with Crippen LogP contribution in [0.4, 0.5) is 11.8 Å². The molecule has 2 unspecified atom stereocenters. The number of hydrogen-bond acceptors (Lipinski definition) is 7. The molecule has 3 aliphatic rings. The Morgan fingerprint density at radius 3 is 2.26 bits per heavy atom. The van der Waals surface area contributed by atoms with Gasteiger partial charge in [0.15, 0.2) is 5.78 Å². The highest BCUT2D eigenvalue weighted by molar-refractivity contribution is 5.98. The van der Waals surface area contributed by atoms with E-state index in [4.69, 9.17) is 4.98 Å². The molecule has 2 N–H and O–H groups in total. The molecule has 3 fully saturated rings. The number of aryl methyl sites for hydroxylation is 1. The Hall–Kier alpha value is -3.33. The molecule has 9 nitrogen and oxygen atoms in total. The highest BCUT2D eigenvalue weighted by Crippen LogP contribution is 2.34. The van der Waals surface area contributed by atoms with Gasteiger partial charge in [-0.05, 0) is 50.8 Å². The maximum Gasteiger partial charge on any atom is 0.255 e. The second-order valence-electron chi connectivity index (χ2n) is 10.2. The van der Waals surface area contributed by atoms with Crippen molar-refractivity contribution in [2.75, 3.05) is 18.4 Å².